The van der Waals surface area contributed by atoms with Crippen LogP contribution in [-0.2, 0) is 23.4 Å². The van der Waals surface area contributed by atoms with Crippen LogP contribution in [0.2, 0.25) is 0 Å². The van der Waals surface area contributed by atoms with E-state index in [-0.39, 0.29) is 11.7 Å². The summed E-state index contributed by atoms with van der Waals surface area (Å²) in [5, 5.41) is 15.5. The maximum atomic E-state index is 12.6. The Labute approximate surface area is 150 Å². The molecule has 1 heterocycles. The molecule has 0 saturated carbocycles. The fourth-order valence-corrected chi connectivity index (χ4v) is 3.62. The molecule has 25 heavy (non-hydrogen) atoms. The van der Waals surface area contributed by atoms with Gasteiger partial charge in [0.2, 0.25) is 0 Å². The Hall–Kier alpha value is -2.28. The number of hydrogen-bond donors (Lipinski definition) is 2. The van der Waals surface area contributed by atoms with E-state index < -0.39 is 5.97 Å². The molecule has 1 amide bonds. The van der Waals surface area contributed by atoms with Crippen LogP contribution in [0.5, 0.6) is 0 Å². The molecule has 0 saturated heterocycles. The average Bonchev–Trinajstić information content (AvgIpc) is 2.84. The predicted octanol–water partition coefficient (Wildman–Crippen LogP) is 3.51. The third-order valence-corrected chi connectivity index (χ3v) is 5.08. The third-order valence-electron chi connectivity index (χ3n) is 4.09. The Balaban J connectivity index is 1.67. The van der Waals surface area contributed by atoms with Crippen LogP contribution in [0.1, 0.15) is 46.6 Å². The highest BCUT2D eigenvalue weighted by molar-refractivity contribution is 7.99. The number of nitrogens with zero attached hydrogens (tertiary/aromatic N) is 1. The summed E-state index contributed by atoms with van der Waals surface area (Å²) in [6.07, 6.45) is 4.92. The van der Waals surface area contributed by atoms with Crippen molar-refractivity contribution in [2.45, 2.75) is 37.9 Å². The second kappa shape index (κ2) is 8.20. The molecule has 6 nitrogen and oxygen atoms in total. The van der Waals surface area contributed by atoms with E-state index in [9.17, 15) is 9.59 Å². The number of carbonyl (C=O) groups is 2. The molecular formula is C18H20N2O4S. The van der Waals surface area contributed by atoms with Crippen molar-refractivity contribution in [3.05, 3.63) is 46.8 Å². The number of anilines is 1. The van der Waals surface area contributed by atoms with Crippen LogP contribution < -0.4 is 5.32 Å². The summed E-state index contributed by atoms with van der Waals surface area (Å²) in [5.74, 6) is 0.377. The summed E-state index contributed by atoms with van der Waals surface area (Å²) >= 11 is 1.32. The van der Waals surface area contributed by atoms with Crippen LogP contribution in [0.15, 0.2) is 28.8 Å². The van der Waals surface area contributed by atoms with Crippen molar-refractivity contribution in [2.24, 2.45) is 0 Å². The van der Waals surface area contributed by atoms with E-state index in [1.165, 1.54) is 11.8 Å². The van der Waals surface area contributed by atoms with Gasteiger partial charge in [0.15, 0.2) is 5.69 Å². The molecule has 0 radical (unpaired) electrons. The lowest BCUT2D eigenvalue weighted by molar-refractivity contribution is -0.133. The minimum atomic E-state index is -0.832. The van der Waals surface area contributed by atoms with Gasteiger partial charge in [0.05, 0.1) is 5.75 Å². The van der Waals surface area contributed by atoms with E-state index in [1.807, 2.05) is 24.3 Å². The number of hydrogen-bond acceptors (Lipinski definition) is 5. The summed E-state index contributed by atoms with van der Waals surface area (Å²) in [4.78, 5) is 23.1. The first-order valence-corrected chi connectivity index (χ1v) is 9.46. The molecule has 0 bridgehead atoms. The number of carbonyl (C=O) groups excluding carboxylic acids is 1. The van der Waals surface area contributed by atoms with Gasteiger partial charge >= 0.3 is 5.97 Å². The zero-order valence-corrected chi connectivity index (χ0v) is 14.6. The van der Waals surface area contributed by atoms with Gasteiger partial charge in [-0.25, -0.2) is 0 Å². The van der Waals surface area contributed by atoms with Crippen molar-refractivity contribution in [3.8, 4) is 0 Å². The number of aryl methyl sites for hydroxylation is 1. The maximum Gasteiger partial charge on any atom is 0.313 e. The number of thioether (sulfide) groups is 1. The van der Waals surface area contributed by atoms with E-state index in [0.29, 0.717) is 17.1 Å². The monoisotopic (exact) mass is 360 g/mol. The third kappa shape index (κ3) is 4.63. The molecule has 7 heteroatoms. The molecule has 1 aromatic heterocycles. The van der Waals surface area contributed by atoms with Gasteiger partial charge in [-0.3, -0.25) is 9.59 Å². The van der Waals surface area contributed by atoms with Gasteiger partial charge in [-0.15, -0.1) is 11.8 Å². The first-order chi connectivity index (χ1) is 12.1. The highest BCUT2D eigenvalue weighted by Crippen LogP contribution is 2.24. The zero-order valence-electron chi connectivity index (χ0n) is 13.8. The van der Waals surface area contributed by atoms with E-state index >= 15 is 0 Å². The van der Waals surface area contributed by atoms with Gasteiger partial charge in [-0.1, -0.05) is 23.7 Å². The molecule has 0 unspecified atom stereocenters. The highest BCUT2D eigenvalue weighted by Gasteiger charge is 2.23. The van der Waals surface area contributed by atoms with Crippen molar-refractivity contribution in [3.63, 3.8) is 0 Å². The molecule has 1 aromatic carbocycles. The topological polar surface area (TPSA) is 92.4 Å². The number of aliphatic carboxylic acids is 1. The zero-order chi connectivity index (χ0) is 17.6. The molecule has 2 N–H and O–H groups in total. The van der Waals surface area contributed by atoms with E-state index in [2.05, 4.69) is 10.5 Å². The van der Waals surface area contributed by atoms with Gasteiger partial charge in [0.1, 0.15) is 5.76 Å². The number of rotatable bonds is 6. The number of nitrogens with one attached hydrogen (secondary N) is 1. The van der Waals surface area contributed by atoms with Gasteiger partial charge in [0.25, 0.3) is 5.91 Å². The van der Waals surface area contributed by atoms with Crippen LogP contribution in [0.3, 0.4) is 0 Å². The van der Waals surface area contributed by atoms with Gasteiger partial charge in [-0.05, 0) is 37.0 Å². The summed E-state index contributed by atoms with van der Waals surface area (Å²) in [7, 11) is 0. The second-order valence-corrected chi connectivity index (χ2v) is 7.02. The van der Waals surface area contributed by atoms with Crippen molar-refractivity contribution in [1.29, 1.82) is 0 Å². The van der Waals surface area contributed by atoms with Gasteiger partial charge in [0, 0.05) is 23.4 Å². The fraction of sp³-hybridized carbons (Fsp3) is 0.389. The Morgan fingerprint density at radius 1 is 1.24 bits per heavy atom. The highest BCUT2D eigenvalue weighted by atomic mass is 32.2. The number of aromatic nitrogens is 1. The first kappa shape index (κ1) is 17.5. The maximum absolute atomic E-state index is 12.6. The lowest BCUT2D eigenvalue weighted by atomic mass is 10.1. The molecule has 1 aliphatic carbocycles. The Morgan fingerprint density at radius 2 is 2.08 bits per heavy atom. The summed E-state index contributed by atoms with van der Waals surface area (Å²) < 4.78 is 5.36. The van der Waals surface area contributed by atoms with Crippen LogP contribution >= 0.6 is 11.8 Å². The lowest BCUT2D eigenvalue weighted by Gasteiger charge is -2.07. The normalized spacial score (nSPS) is 13.8. The van der Waals surface area contributed by atoms with E-state index in [0.717, 1.165) is 49.0 Å². The van der Waals surface area contributed by atoms with Crippen LogP contribution in [0.25, 0.3) is 0 Å². The lowest BCUT2D eigenvalue weighted by Crippen LogP contribution is -2.14. The van der Waals surface area contributed by atoms with E-state index in [4.69, 9.17) is 9.63 Å². The minimum absolute atomic E-state index is 0.0572. The second-order valence-electron chi connectivity index (χ2n) is 6.03. The standard InChI is InChI=1S/C18H20N2O4S/c21-16(22)11-25-10-12-5-4-6-13(9-12)19-18(23)17-14-7-2-1-3-8-15(14)24-20-17/h4-6,9H,1-3,7-8,10-11H2,(H,19,23)(H,21,22). The van der Waals surface area contributed by atoms with Crippen molar-refractivity contribution >= 4 is 29.3 Å². The Morgan fingerprint density at radius 3 is 2.92 bits per heavy atom. The van der Waals surface area contributed by atoms with Gasteiger partial charge < -0.3 is 14.9 Å². The number of amides is 1. The van der Waals surface area contributed by atoms with Crippen LogP contribution in [-0.4, -0.2) is 27.9 Å². The molecular weight excluding hydrogens is 340 g/mol. The van der Waals surface area contributed by atoms with Crippen LogP contribution in [0, 0.1) is 0 Å². The average molecular weight is 360 g/mol. The number of fused-ring (bicyclic) bond motifs is 1. The predicted molar refractivity (Wildman–Crippen MR) is 96.0 cm³/mol. The van der Waals surface area contributed by atoms with Crippen molar-refractivity contribution in [2.75, 3.05) is 11.1 Å². The molecule has 0 fully saturated rings. The SMILES string of the molecule is O=C(O)CSCc1cccc(NC(=O)c2noc3c2CCCCC3)c1. The molecule has 1 aliphatic rings. The molecule has 132 valence electrons. The van der Waals surface area contributed by atoms with Gasteiger partial charge in [-0.2, -0.15) is 0 Å². The molecule has 3 rings (SSSR count). The fourth-order valence-electron chi connectivity index (χ4n) is 2.93. The minimum Gasteiger partial charge on any atom is -0.481 e. The summed E-state index contributed by atoms with van der Waals surface area (Å²) in [6.45, 7) is 0. The smallest absolute Gasteiger partial charge is 0.313 e. The quantitative estimate of drug-likeness (QED) is 0.766. The summed E-state index contributed by atoms with van der Waals surface area (Å²) in [5.41, 5.74) is 2.94. The molecule has 0 spiro atoms. The number of carboxylic acids is 1. The molecule has 0 aliphatic heterocycles. The molecule has 0 atom stereocenters. The van der Waals surface area contributed by atoms with Crippen molar-refractivity contribution in [1.82, 2.24) is 5.16 Å². The number of carboxylic acid groups (broad SMARTS) is 1. The van der Waals surface area contributed by atoms with Crippen LogP contribution in [0.4, 0.5) is 5.69 Å². The number of benzene rings is 1. The van der Waals surface area contributed by atoms with E-state index in [1.54, 1.807) is 0 Å². The largest absolute Gasteiger partial charge is 0.481 e. The van der Waals surface area contributed by atoms with Crippen molar-refractivity contribution < 1.29 is 19.2 Å². The Bertz CT molecular complexity index is 772. The Kier molecular flexibility index (Phi) is 5.75. The summed E-state index contributed by atoms with van der Waals surface area (Å²) in [6, 6.07) is 7.41. The first-order valence-electron chi connectivity index (χ1n) is 8.31. The molecule has 2 aromatic rings.